The lowest BCUT2D eigenvalue weighted by Gasteiger charge is -2.04. The van der Waals surface area contributed by atoms with Gasteiger partial charge in [-0.3, -0.25) is 0 Å². The van der Waals surface area contributed by atoms with Gasteiger partial charge in [0.1, 0.15) is 0 Å². The molecule has 0 unspecified atom stereocenters. The maximum absolute atomic E-state index is 3.21. The minimum Gasteiger partial charge on any atom is -0.0654 e. The summed E-state index contributed by atoms with van der Waals surface area (Å²) >= 11 is 0. The van der Waals surface area contributed by atoms with Crippen LogP contribution in [0, 0.1) is 6.07 Å². The fraction of sp³-hybridized carbons (Fsp3) is 0.286. The van der Waals surface area contributed by atoms with Crippen LogP contribution in [0.1, 0.15) is 25.3 Å². The van der Waals surface area contributed by atoms with Crippen molar-refractivity contribution in [2.45, 2.75) is 26.2 Å². The van der Waals surface area contributed by atoms with E-state index in [1.165, 1.54) is 35.6 Å². The summed E-state index contributed by atoms with van der Waals surface area (Å²) in [7, 11) is 0. The van der Waals surface area contributed by atoms with E-state index in [1.807, 2.05) is 0 Å². The molecule has 0 atom stereocenters. The van der Waals surface area contributed by atoms with E-state index in [1.54, 1.807) is 0 Å². The maximum atomic E-state index is 3.21. The van der Waals surface area contributed by atoms with Gasteiger partial charge in [0.2, 0.25) is 0 Å². The van der Waals surface area contributed by atoms with Crippen molar-refractivity contribution in [1.82, 2.24) is 0 Å². The van der Waals surface area contributed by atoms with E-state index in [0.717, 1.165) is 0 Å². The lowest BCUT2D eigenvalue weighted by Crippen LogP contribution is -1.86. The first-order valence-electron chi connectivity index (χ1n) is 5.29. The van der Waals surface area contributed by atoms with Crippen LogP contribution in [-0.2, 0) is 6.42 Å². The topological polar surface area (TPSA) is 0 Å². The van der Waals surface area contributed by atoms with Gasteiger partial charge in [-0.1, -0.05) is 43.7 Å². The van der Waals surface area contributed by atoms with E-state index in [4.69, 9.17) is 0 Å². The third-order valence-electron chi connectivity index (χ3n) is 2.60. The molecule has 0 N–H and O–H groups in total. The van der Waals surface area contributed by atoms with Crippen molar-refractivity contribution in [1.29, 1.82) is 0 Å². The molecule has 0 heterocycles. The normalized spacial score (nSPS) is 10.6. The molecule has 0 bridgehead atoms. The van der Waals surface area contributed by atoms with Crippen LogP contribution in [0.15, 0.2) is 36.4 Å². The van der Waals surface area contributed by atoms with Gasteiger partial charge in [0.15, 0.2) is 0 Å². The first-order valence-corrected chi connectivity index (χ1v) is 5.29. The Bertz CT molecular complexity index is 410. The van der Waals surface area contributed by atoms with Gasteiger partial charge in [-0.05, 0) is 41.3 Å². The van der Waals surface area contributed by atoms with Crippen molar-refractivity contribution in [3.63, 3.8) is 0 Å². The standard InChI is InChI=1S/C14H15/c1-2-3-7-12-9-6-10-13-8-4-5-11-14(12)13/h4-5,8-11H,2-3,7H2,1H3. The largest absolute Gasteiger partial charge is 0.0654 e. The number of hydrogen-bond acceptors (Lipinski definition) is 0. The van der Waals surface area contributed by atoms with Crippen LogP contribution in [0.3, 0.4) is 0 Å². The number of hydrogen-bond donors (Lipinski definition) is 0. The van der Waals surface area contributed by atoms with Gasteiger partial charge in [-0.2, -0.15) is 0 Å². The Kier molecular flexibility index (Phi) is 2.83. The Morgan fingerprint density at radius 3 is 2.86 bits per heavy atom. The lowest BCUT2D eigenvalue weighted by atomic mass is 10.0. The van der Waals surface area contributed by atoms with Crippen LogP contribution in [0.25, 0.3) is 10.8 Å². The van der Waals surface area contributed by atoms with Crippen LogP contribution in [0.2, 0.25) is 0 Å². The second-order valence-corrected chi connectivity index (χ2v) is 3.67. The quantitative estimate of drug-likeness (QED) is 0.675. The predicted molar refractivity (Wildman–Crippen MR) is 61.4 cm³/mol. The molecule has 71 valence electrons. The first-order chi connectivity index (χ1) is 6.92. The van der Waals surface area contributed by atoms with Crippen LogP contribution >= 0.6 is 0 Å². The molecule has 2 rings (SSSR count). The second kappa shape index (κ2) is 4.28. The monoisotopic (exact) mass is 183 g/mol. The highest BCUT2D eigenvalue weighted by Gasteiger charge is 1.98. The molecule has 0 heteroatoms. The average Bonchev–Trinajstić information content (AvgIpc) is 2.26. The Balaban J connectivity index is 2.43. The third-order valence-corrected chi connectivity index (χ3v) is 2.60. The third kappa shape index (κ3) is 1.79. The molecule has 1 radical (unpaired) electrons. The lowest BCUT2D eigenvalue weighted by molar-refractivity contribution is 0.799. The SMILES string of the molecule is CCCCc1c[c]cc2ccccc12. The summed E-state index contributed by atoms with van der Waals surface area (Å²) in [6.45, 7) is 2.23. The van der Waals surface area contributed by atoms with Crippen molar-refractivity contribution in [3.8, 4) is 0 Å². The van der Waals surface area contributed by atoms with E-state index >= 15 is 0 Å². The summed E-state index contributed by atoms with van der Waals surface area (Å²) in [4.78, 5) is 0. The highest BCUT2D eigenvalue weighted by molar-refractivity contribution is 5.85. The summed E-state index contributed by atoms with van der Waals surface area (Å²) < 4.78 is 0. The Labute approximate surface area is 85.6 Å². The second-order valence-electron chi connectivity index (χ2n) is 3.67. The summed E-state index contributed by atoms with van der Waals surface area (Å²) in [5.74, 6) is 0. The zero-order chi connectivity index (χ0) is 9.80. The summed E-state index contributed by atoms with van der Waals surface area (Å²) in [6, 6.07) is 15.9. The van der Waals surface area contributed by atoms with Crippen LogP contribution in [0.4, 0.5) is 0 Å². The molecule has 0 aliphatic carbocycles. The molecular formula is C14H15. The molecule has 0 fully saturated rings. The Morgan fingerprint density at radius 1 is 1.14 bits per heavy atom. The zero-order valence-electron chi connectivity index (χ0n) is 8.59. The van der Waals surface area contributed by atoms with Crippen molar-refractivity contribution in [2.75, 3.05) is 0 Å². The fourth-order valence-electron chi connectivity index (χ4n) is 1.80. The molecule has 0 saturated heterocycles. The van der Waals surface area contributed by atoms with E-state index in [0.29, 0.717) is 0 Å². The zero-order valence-corrected chi connectivity index (χ0v) is 8.59. The van der Waals surface area contributed by atoms with Crippen LogP contribution < -0.4 is 0 Å². The van der Waals surface area contributed by atoms with E-state index in [9.17, 15) is 0 Å². The van der Waals surface area contributed by atoms with E-state index in [2.05, 4.69) is 49.4 Å². The van der Waals surface area contributed by atoms with Crippen LogP contribution in [0.5, 0.6) is 0 Å². The minimum atomic E-state index is 1.17. The van der Waals surface area contributed by atoms with Crippen molar-refractivity contribution < 1.29 is 0 Å². The fourth-order valence-corrected chi connectivity index (χ4v) is 1.80. The summed E-state index contributed by atoms with van der Waals surface area (Å²) in [6.07, 6.45) is 3.69. The number of rotatable bonds is 3. The first kappa shape index (κ1) is 9.26. The smallest absolute Gasteiger partial charge is 0.0151 e. The predicted octanol–water partition coefficient (Wildman–Crippen LogP) is 3.98. The Morgan fingerprint density at radius 2 is 2.00 bits per heavy atom. The van der Waals surface area contributed by atoms with Crippen LogP contribution in [-0.4, -0.2) is 0 Å². The van der Waals surface area contributed by atoms with Gasteiger partial charge in [0.25, 0.3) is 0 Å². The molecule has 0 spiro atoms. The van der Waals surface area contributed by atoms with Crippen molar-refractivity contribution in [3.05, 3.63) is 48.0 Å². The minimum absolute atomic E-state index is 1.17. The molecule has 0 nitrogen and oxygen atoms in total. The molecule has 14 heavy (non-hydrogen) atoms. The molecule has 2 aromatic carbocycles. The van der Waals surface area contributed by atoms with Gasteiger partial charge in [0.05, 0.1) is 0 Å². The number of fused-ring (bicyclic) bond motifs is 1. The molecule has 0 aliphatic rings. The number of benzene rings is 2. The van der Waals surface area contributed by atoms with Crippen molar-refractivity contribution >= 4 is 10.8 Å². The van der Waals surface area contributed by atoms with Gasteiger partial charge in [0, 0.05) is 0 Å². The molecule has 0 aliphatic heterocycles. The van der Waals surface area contributed by atoms with Gasteiger partial charge >= 0.3 is 0 Å². The van der Waals surface area contributed by atoms with Gasteiger partial charge in [-0.15, -0.1) is 0 Å². The molecule has 0 amide bonds. The number of unbranched alkanes of at least 4 members (excludes halogenated alkanes) is 1. The van der Waals surface area contributed by atoms with E-state index < -0.39 is 0 Å². The van der Waals surface area contributed by atoms with Crippen molar-refractivity contribution in [2.24, 2.45) is 0 Å². The van der Waals surface area contributed by atoms with Gasteiger partial charge in [-0.25, -0.2) is 0 Å². The highest BCUT2D eigenvalue weighted by atomic mass is 14.0. The number of aryl methyl sites for hydroxylation is 1. The maximum Gasteiger partial charge on any atom is -0.0151 e. The Hall–Kier alpha value is -1.30. The molecule has 0 saturated carbocycles. The molecule has 0 aromatic heterocycles. The van der Waals surface area contributed by atoms with E-state index in [-0.39, 0.29) is 0 Å². The van der Waals surface area contributed by atoms with Gasteiger partial charge < -0.3 is 0 Å². The molecule has 2 aromatic rings. The summed E-state index contributed by atoms with van der Waals surface area (Å²) in [5, 5.41) is 2.70. The highest BCUT2D eigenvalue weighted by Crippen LogP contribution is 2.19. The molecular weight excluding hydrogens is 168 g/mol. The average molecular weight is 183 g/mol. The summed E-state index contributed by atoms with van der Waals surface area (Å²) in [5.41, 5.74) is 1.44.